The molecule has 0 heterocycles. The summed E-state index contributed by atoms with van der Waals surface area (Å²) in [5, 5.41) is 32.7. The van der Waals surface area contributed by atoms with Crippen LogP contribution in [0.4, 0.5) is 0 Å². The molecule has 0 radical (unpaired) electrons. The number of aliphatic hydroxyl groups excluding tert-OH is 3. The average molecular weight is 588 g/mol. The summed E-state index contributed by atoms with van der Waals surface area (Å²) in [7, 11) is 0. The van der Waals surface area contributed by atoms with Gasteiger partial charge in [-0.3, -0.25) is 4.79 Å². The first-order chi connectivity index (χ1) is 20.5. The summed E-state index contributed by atoms with van der Waals surface area (Å²) in [6.45, 7) is 4.11. The van der Waals surface area contributed by atoms with Gasteiger partial charge in [-0.05, 0) is 57.8 Å². The zero-order valence-corrected chi connectivity index (χ0v) is 27.1. The van der Waals surface area contributed by atoms with Crippen LogP contribution in [-0.4, -0.2) is 46.1 Å². The van der Waals surface area contributed by atoms with Crippen molar-refractivity contribution in [3.05, 3.63) is 60.8 Å². The second kappa shape index (κ2) is 32.0. The summed E-state index contributed by atoms with van der Waals surface area (Å²) in [6.07, 6.45) is 40.8. The number of hydrogen-bond acceptors (Lipinski definition) is 4. The third kappa shape index (κ3) is 28.2. The van der Waals surface area contributed by atoms with Gasteiger partial charge in [0, 0.05) is 0 Å². The molecule has 3 atom stereocenters. The first-order valence-electron chi connectivity index (χ1n) is 17.1. The quantitative estimate of drug-likeness (QED) is 0.0520. The minimum Gasteiger partial charge on any atom is -0.394 e. The second-order valence-electron chi connectivity index (χ2n) is 11.4. The van der Waals surface area contributed by atoms with Crippen LogP contribution in [0.2, 0.25) is 0 Å². The molecule has 0 saturated carbocycles. The zero-order chi connectivity index (χ0) is 30.9. The molecule has 1 amide bonds. The Bertz CT molecular complexity index is 740. The van der Waals surface area contributed by atoms with Crippen molar-refractivity contribution in [2.24, 2.45) is 0 Å². The highest BCUT2D eigenvalue weighted by atomic mass is 16.3. The molecule has 0 aromatic carbocycles. The SMILES string of the molecule is CCCCCCCC/C=C\C/C=C\C(O)CC(=O)NC(CO)C(O)/C=C/CC/C=C/CC/C=C/CCCCCCCC. The maximum Gasteiger partial charge on any atom is 0.223 e. The smallest absolute Gasteiger partial charge is 0.223 e. The molecule has 0 bridgehead atoms. The van der Waals surface area contributed by atoms with E-state index in [1.807, 2.05) is 12.2 Å². The Morgan fingerprint density at radius 2 is 1.07 bits per heavy atom. The Kier molecular flexibility index (Phi) is 30.5. The van der Waals surface area contributed by atoms with Crippen LogP contribution in [0.15, 0.2) is 60.8 Å². The normalized spacial score (nSPS) is 14.7. The Labute approximate surface area is 259 Å². The molecule has 0 fully saturated rings. The number of unbranched alkanes of at least 4 members (excludes halogenated alkanes) is 14. The van der Waals surface area contributed by atoms with Crippen molar-refractivity contribution in [1.82, 2.24) is 5.32 Å². The number of rotatable bonds is 29. The van der Waals surface area contributed by atoms with Crippen LogP contribution in [0.25, 0.3) is 0 Å². The first kappa shape index (κ1) is 40.1. The van der Waals surface area contributed by atoms with E-state index >= 15 is 0 Å². The third-order valence-electron chi connectivity index (χ3n) is 7.26. The van der Waals surface area contributed by atoms with Crippen LogP contribution in [0.5, 0.6) is 0 Å². The van der Waals surface area contributed by atoms with E-state index in [0.717, 1.165) is 38.5 Å². The van der Waals surface area contributed by atoms with Crippen LogP contribution in [0.1, 0.15) is 142 Å². The minimum absolute atomic E-state index is 0.107. The fourth-order valence-corrected chi connectivity index (χ4v) is 4.60. The van der Waals surface area contributed by atoms with Gasteiger partial charge < -0.3 is 20.6 Å². The molecular formula is C37H65NO4. The number of carbonyl (C=O) groups excluding carboxylic acids is 1. The van der Waals surface area contributed by atoms with Gasteiger partial charge in [0.05, 0.1) is 31.3 Å². The van der Waals surface area contributed by atoms with E-state index < -0.39 is 24.2 Å². The zero-order valence-electron chi connectivity index (χ0n) is 27.1. The van der Waals surface area contributed by atoms with E-state index in [-0.39, 0.29) is 13.0 Å². The molecule has 5 heteroatoms. The number of aliphatic hydroxyl groups is 3. The van der Waals surface area contributed by atoms with Gasteiger partial charge in [-0.1, -0.05) is 139 Å². The van der Waals surface area contributed by atoms with Crippen LogP contribution < -0.4 is 5.32 Å². The maximum atomic E-state index is 12.3. The van der Waals surface area contributed by atoms with Crippen molar-refractivity contribution >= 4 is 5.91 Å². The first-order valence-corrected chi connectivity index (χ1v) is 17.1. The maximum absolute atomic E-state index is 12.3. The Balaban J connectivity index is 3.98. The molecule has 0 aliphatic rings. The number of nitrogens with one attached hydrogen (secondary N) is 1. The molecule has 0 aromatic heterocycles. The van der Waals surface area contributed by atoms with E-state index in [9.17, 15) is 20.1 Å². The monoisotopic (exact) mass is 587 g/mol. The highest BCUT2D eigenvalue weighted by molar-refractivity contribution is 5.77. The summed E-state index contributed by atoms with van der Waals surface area (Å²) in [4.78, 5) is 12.3. The lowest BCUT2D eigenvalue weighted by Crippen LogP contribution is -2.45. The molecule has 0 aliphatic heterocycles. The van der Waals surface area contributed by atoms with Gasteiger partial charge in [0.1, 0.15) is 0 Å². The Morgan fingerprint density at radius 1 is 0.595 bits per heavy atom. The van der Waals surface area contributed by atoms with Crippen LogP contribution in [-0.2, 0) is 4.79 Å². The minimum atomic E-state index is -0.982. The molecule has 0 saturated heterocycles. The van der Waals surface area contributed by atoms with Crippen molar-refractivity contribution in [1.29, 1.82) is 0 Å². The lowest BCUT2D eigenvalue weighted by molar-refractivity contribution is -0.124. The molecule has 0 rings (SSSR count). The molecule has 0 aromatic rings. The van der Waals surface area contributed by atoms with Crippen LogP contribution >= 0.6 is 0 Å². The summed E-state index contributed by atoms with van der Waals surface area (Å²) in [6, 6.07) is -0.798. The molecule has 42 heavy (non-hydrogen) atoms. The van der Waals surface area contributed by atoms with Gasteiger partial charge in [-0.15, -0.1) is 0 Å². The molecule has 4 N–H and O–H groups in total. The van der Waals surface area contributed by atoms with Gasteiger partial charge in [-0.2, -0.15) is 0 Å². The standard InChI is InChI=1S/C37H65NO4/c1-3-5-7-9-11-13-15-16-17-18-19-21-23-25-27-29-31-36(41)35(33-39)38-37(42)32-34(40)30-28-26-24-22-20-14-12-10-8-6-4-2/h16-17,21-24,28-31,34-36,39-41H,3-15,18-20,25-27,32-33H2,1-2H3,(H,38,42)/b17-16+,23-21+,24-22-,30-28-,31-29+. The van der Waals surface area contributed by atoms with E-state index in [1.165, 1.54) is 83.5 Å². The van der Waals surface area contributed by atoms with Gasteiger partial charge in [0.2, 0.25) is 5.91 Å². The Morgan fingerprint density at radius 3 is 1.62 bits per heavy atom. The third-order valence-corrected chi connectivity index (χ3v) is 7.26. The lowest BCUT2D eigenvalue weighted by atomic mass is 10.1. The summed E-state index contributed by atoms with van der Waals surface area (Å²) in [5.41, 5.74) is 0. The van der Waals surface area contributed by atoms with E-state index in [1.54, 1.807) is 12.2 Å². The van der Waals surface area contributed by atoms with Crippen molar-refractivity contribution in [3.63, 3.8) is 0 Å². The van der Waals surface area contributed by atoms with E-state index in [4.69, 9.17) is 0 Å². The molecule has 242 valence electrons. The predicted molar refractivity (Wildman–Crippen MR) is 180 cm³/mol. The van der Waals surface area contributed by atoms with Crippen LogP contribution in [0.3, 0.4) is 0 Å². The average Bonchev–Trinajstić information content (AvgIpc) is 2.98. The fourth-order valence-electron chi connectivity index (χ4n) is 4.60. The second-order valence-corrected chi connectivity index (χ2v) is 11.4. The van der Waals surface area contributed by atoms with Crippen molar-refractivity contribution < 1.29 is 20.1 Å². The van der Waals surface area contributed by atoms with Gasteiger partial charge in [0.25, 0.3) is 0 Å². The summed E-state index contributed by atoms with van der Waals surface area (Å²) < 4.78 is 0. The molecule has 0 spiro atoms. The van der Waals surface area contributed by atoms with Crippen molar-refractivity contribution in [2.45, 2.75) is 161 Å². The van der Waals surface area contributed by atoms with Gasteiger partial charge in [-0.25, -0.2) is 0 Å². The van der Waals surface area contributed by atoms with Crippen molar-refractivity contribution in [2.75, 3.05) is 6.61 Å². The fraction of sp³-hybridized carbons (Fsp3) is 0.703. The Hall–Kier alpha value is -1.95. The highest BCUT2D eigenvalue weighted by Crippen LogP contribution is 2.09. The highest BCUT2D eigenvalue weighted by Gasteiger charge is 2.19. The topological polar surface area (TPSA) is 89.8 Å². The van der Waals surface area contributed by atoms with Crippen molar-refractivity contribution in [3.8, 4) is 0 Å². The van der Waals surface area contributed by atoms with E-state index in [2.05, 4.69) is 55.6 Å². The largest absolute Gasteiger partial charge is 0.394 e. The molecular weight excluding hydrogens is 522 g/mol. The van der Waals surface area contributed by atoms with E-state index in [0.29, 0.717) is 0 Å². The molecule has 5 nitrogen and oxygen atoms in total. The van der Waals surface area contributed by atoms with Crippen LogP contribution in [0, 0.1) is 0 Å². The lowest BCUT2D eigenvalue weighted by Gasteiger charge is -2.20. The molecule has 0 aliphatic carbocycles. The number of hydrogen-bond donors (Lipinski definition) is 4. The summed E-state index contributed by atoms with van der Waals surface area (Å²) in [5.74, 6) is -0.402. The number of allylic oxidation sites excluding steroid dienone is 8. The molecule has 3 unspecified atom stereocenters. The number of amides is 1. The predicted octanol–water partition coefficient (Wildman–Crippen LogP) is 8.81. The van der Waals surface area contributed by atoms with Gasteiger partial charge >= 0.3 is 0 Å². The summed E-state index contributed by atoms with van der Waals surface area (Å²) >= 11 is 0. The number of carbonyl (C=O) groups is 1. The van der Waals surface area contributed by atoms with Gasteiger partial charge in [0.15, 0.2) is 0 Å².